The molecule has 1 fully saturated rings. The van der Waals surface area contributed by atoms with E-state index in [1.54, 1.807) is 6.20 Å². The van der Waals surface area contributed by atoms with Crippen molar-refractivity contribution in [2.24, 2.45) is 0 Å². The van der Waals surface area contributed by atoms with E-state index in [4.69, 9.17) is 5.11 Å². The Morgan fingerprint density at radius 3 is 2.54 bits per heavy atom. The maximum absolute atomic E-state index is 10.5. The Balaban J connectivity index is 2.17. The third-order valence-corrected chi connectivity index (χ3v) is 2.41. The average Bonchev–Trinajstić information content (AvgIpc) is 2.02. The third kappa shape index (κ3) is 1.52. The van der Waals surface area contributed by atoms with Gasteiger partial charge >= 0.3 is 5.97 Å². The number of carboxylic acids is 1. The van der Waals surface area contributed by atoms with E-state index in [-0.39, 0.29) is 5.69 Å². The lowest BCUT2D eigenvalue weighted by atomic mass is 9.83. The molecule has 0 aromatic carbocycles. The molecule has 0 bridgehead atoms. The zero-order valence-corrected chi connectivity index (χ0v) is 7.10. The first kappa shape index (κ1) is 8.16. The first-order chi connectivity index (χ1) is 6.27. The summed E-state index contributed by atoms with van der Waals surface area (Å²) in [5.74, 6) is -0.511. The van der Waals surface area contributed by atoms with E-state index in [0.717, 1.165) is 18.5 Å². The second-order valence-electron chi connectivity index (χ2n) is 3.26. The van der Waals surface area contributed by atoms with Crippen LogP contribution in [0.3, 0.4) is 0 Å². The molecular weight excluding hydrogens is 168 g/mol. The van der Waals surface area contributed by atoms with Crippen LogP contribution in [0.5, 0.6) is 0 Å². The normalized spacial score (nSPS) is 16.6. The highest BCUT2D eigenvalue weighted by molar-refractivity contribution is 5.84. The molecule has 0 atom stereocenters. The molecule has 1 heterocycles. The molecule has 4 nitrogen and oxygen atoms in total. The zero-order chi connectivity index (χ0) is 9.26. The fourth-order valence-electron chi connectivity index (χ4n) is 1.36. The Morgan fingerprint density at radius 2 is 2.15 bits per heavy atom. The first-order valence-electron chi connectivity index (χ1n) is 4.32. The van der Waals surface area contributed by atoms with Gasteiger partial charge in [0.2, 0.25) is 0 Å². The van der Waals surface area contributed by atoms with E-state index in [1.807, 2.05) is 0 Å². The lowest BCUT2D eigenvalue weighted by Crippen LogP contribution is -2.12. The van der Waals surface area contributed by atoms with Crippen molar-refractivity contribution < 1.29 is 9.90 Å². The van der Waals surface area contributed by atoms with Gasteiger partial charge in [-0.15, -0.1) is 0 Å². The highest BCUT2D eigenvalue weighted by Gasteiger charge is 2.21. The molecule has 13 heavy (non-hydrogen) atoms. The predicted octanol–water partition coefficient (Wildman–Crippen LogP) is 1.44. The zero-order valence-electron chi connectivity index (χ0n) is 7.10. The number of carbonyl (C=O) groups is 1. The molecule has 1 aliphatic rings. The second-order valence-corrected chi connectivity index (χ2v) is 3.26. The second kappa shape index (κ2) is 3.12. The standard InChI is InChI=1S/C9H10N2O2/c12-9(13)8-5-10-7(4-11-8)6-2-1-3-6/h4-6H,1-3H2,(H,12,13). The minimum atomic E-state index is -1.02. The van der Waals surface area contributed by atoms with Crippen molar-refractivity contribution in [2.75, 3.05) is 0 Å². The lowest BCUT2D eigenvalue weighted by molar-refractivity contribution is 0.0690. The molecule has 1 saturated carbocycles. The largest absolute Gasteiger partial charge is 0.476 e. The molecule has 0 amide bonds. The van der Waals surface area contributed by atoms with E-state index in [9.17, 15) is 4.79 Å². The lowest BCUT2D eigenvalue weighted by Gasteiger charge is -2.23. The fraction of sp³-hybridized carbons (Fsp3) is 0.444. The van der Waals surface area contributed by atoms with Crippen LogP contribution in [0, 0.1) is 0 Å². The molecule has 0 aliphatic heterocycles. The van der Waals surface area contributed by atoms with Crippen molar-refractivity contribution in [1.29, 1.82) is 0 Å². The maximum atomic E-state index is 10.5. The van der Waals surface area contributed by atoms with Gasteiger partial charge in [-0.2, -0.15) is 0 Å². The molecular formula is C9H10N2O2. The van der Waals surface area contributed by atoms with Gasteiger partial charge in [0.05, 0.1) is 11.9 Å². The number of hydrogen-bond donors (Lipinski definition) is 1. The Kier molecular flexibility index (Phi) is 1.96. The highest BCUT2D eigenvalue weighted by Crippen LogP contribution is 2.34. The summed E-state index contributed by atoms with van der Waals surface area (Å²) in [6.07, 6.45) is 6.46. The molecule has 0 saturated heterocycles. The summed E-state index contributed by atoms with van der Waals surface area (Å²) >= 11 is 0. The van der Waals surface area contributed by atoms with E-state index < -0.39 is 5.97 Å². The molecule has 1 aliphatic carbocycles. The molecule has 1 N–H and O–H groups in total. The van der Waals surface area contributed by atoms with Crippen LogP contribution in [0.25, 0.3) is 0 Å². The van der Waals surface area contributed by atoms with Crippen LogP contribution in [0.1, 0.15) is 41.4 Å². The maximum Gasteiger partial charge on any atom is 0.356 e. The molecule has 1 aromatic heterocycles. The summed E-state index contributed by atoms with van der Waals surface area (Å²) in [6, 6.07) is 0. The van der Waals surface area contributed by atoms with Gasteiger partial charge in [0.25, 0.3) is 0 Å². The van der Waals surface area contributed by atoms with E-state index in [0.29, 0.717) is 5.92 Å². The molecule has 0 unspecified atom stereocenters. The molecule has 68 valence electrons. The molecule has 0 radical (unpaired) electrons. The predicted molar refractivity (Wildman–Crippen MR) is 45.6 cm³/mol. The Morgan fingerprint density at radius 1 is 1.38 bits per heavy atom. The SMILES string of the molecule is O=C(O)c1cnc(C2CCC2)cn1. The van der Waals surface area contributed by atoms with Gasteiger partial charge in [-0.3, -0.25) is 4.98 Å². The fourth-order valence-corrected chi connectivity index (χ4v) is 1.36. The van der Waals surface area contributed by atoms with Gasteiger partial charge in [0.1, 0.15) is 0 Å². The van der Waals surface area contributed by atoms with Crippen molar-refractivity contribution in [2.45, 2.75) is 25.2 Å². The van der Waals surface area contributed by atoms with Crippen LogP contribution in [0.15, 0.2) is 12.4 Å². The topological polar surface area (TPSA) is 63.1 Å². The Labute approximate surface area is 75.6 Å². The monoisotopic (exact) mass is 178 g/mol. The van der Waals surface area contributed by atoms with Gasteiger partial charge in [0, 0.05) is 12.1 Å². The van der Waals surface area contributed by atoms with Crippen LogP contribution < -0.4 is 0 Å². The molecule has 1 aromatic rings. The Bertz CT molecular complexity index is 317. The third-order valence-electron chi connectivity index (χ3n) is 2.41. The summed E-state index contributed by atoms with van der Waals surface area (Å²) in [4.78, 5) is 18.4. The summed E-state index contributed by atoms with van der Waals surface area (Å²) in [5, 5.41) is 8.58. The molecule has 4 heteroatoms. The van der Waals surface area contributed by atoms with Gasteiger partial charge < -0.3 is 5.11 Å². The summed E-state index contributed by atoms with van der Waals surface area (Å²) in [5.41, 5.74) is 0.944. The summed E-state index contributed by atoms with van der Waals surface area (Å²) < 4.78 is 0. The molecule has 2 rings (SSSR count). The first-order valence-corrected chi connectivity index (χ1v) is 4.32. The van der Waals surface area contributed by atoms with Crippen molar-refractivity contribution in [3.05, 3.63) is 23.8 Å². The van der Waals surface area contributed by atoms with Gasteiger partial charge in [-0.1, -0.05) is 6.42 Å². The van der Waals surface area contributed by atoms with Crippen LogP contribution in [0.4, 0.5) is 0 Å². The van der Waals surface area contributed by atoms with Crippen LogP contribution in [0.2, 0.25) is 0 Å². The Hall–Kier alpha value is -1.45. The van der Waals surface area contributed by atoms with Crippen molar-refractivity contribution in [1.82, 2.24) is 9.97 Å². The van der Waals surface area contributed by atoms with Gasteiger partial charge in [-0.05, 0) is 12.8 Å². The number of aromatic carboxylic acids is 1. The van der Waals surface area contributed by atoms with E-state index in [1.165, 1.54) is 12.6 Å². The smallest absolute Gasteiger partial charge is 0.356 e. The van der Waals surface area contributed by atoms with Crippen molar-refractivity contribution in [3.63, 3.8) is 0 Å². The minimum Gasteiger partial charge on any atom is -0.476 e. The summed E-state index contributed by atoms with van der Waals surface area (Å²) in [6.45, 7) is 0. The number of carboxylic acid groups (broad SMARTS) is 1. The van der Waals surface area contributed by atoms with Crippen LogP contribution in [-0.2, 0) is 0 Å². The van der Waals surface area contributed by atoms with Crippen molar-refractivity contribution in [3.8, 4) is 0 Å². The number of hydrogen-bond acceptors (Lipinski definition) is 3. The number of rotatable bonds is 2. The van der Waals surface area contributed by atoms with Crippen LogP contribution >= 0.6 is 0 Å². The molecule has 0 spiro atoms. The quantitative estimate of drug-likeness (QED) is 0.744. The summed E-state index contributed by atoms with van der Waals surface area (Å²) in [7, 11) is 0. The highest BCUT2D eigenvalue weighted by atomic mass is 16.4. The van der Waals surface area contributed by atoms with Gasteiger partial charge in [0.15, 0.2) is 5.69 Å². The van der Waals surface area contributed by atoms with E-state index in [2.05, 4.69) is 9.97 Å². The van der Waals surface area contributed by atoms with Gasteiger partial charge in [-0.25, -0.2) is 9.78 Å². The number of nitrogens with zero attached hydrogens (tertiary/aromatic N) is 2. The average molecular weight is 178 g/mol. The van der Waals surface area contributed by atoms with Crippen LogP contribution in [-0.4, -0.2) is 21.0 Å². The van der Waals surface area contributed by atoms with E-state index >= 15 is 0 Å². The minimum absolute atomic E-state index is 0.0167. The number of aromatic nitrogens is 2. The van der Waals surface area contributed by atoms with Crippen molar-refractivity contribution >= 4 is 5.97 Å².